The summed E-state index contributed by atoms with van der Waals surface area (Å²) in [7, 11) is 0. The van der Waals surface area contributed by atoms with E-state index in [0.717, 1.165) is 59.9 Å². The minimum Gasteiger partial charge on any atom is -0.512 e. The van der Waals surface area contributed by atoms with Crippen molar-refractivity contribution in [2.45, 2.75) is 112 Å². The SMILES string of the molecule is CCC(CC)C(=O)/C=C(\O)C(CC)CC.Cc1cc2c(c3oc4c(-c5[c-]cc6ccccc6c5)nccc4c13)C(C)(C)CCC2(C)C.[Ir]. The fourth-order valence-electron chi connectivity index (χ4n) is 7.40. The van der Waals surface area contributed by atoms with Gasteiger partial charge in [0.05, 0.1) is 5.76 Å². The Morgan fingerprint density at radius 1 is 0.917 bits per heavy atom. The number of aliphatic hydroxyl groups excluding tert-OH is 1. The molecule has 1 N–H and O–H groups in total. The van der Waals surface area contributed by atoms with Crippen molar-refractivity contribution in [3.05, 3.63) is 89.3 Å². The summed E-state index contributed by atoms with van der Waals surface area (Å²) in [6, 6.07) is 20.6. The quantitative estimate of drug-likeness (QED) is 0.0962. The van der Waals surface area contributed by atoms with E-state index in [1.54, 1.807) is 0 Å². The largest absolute Gasteiger partial charge is 0.512 e. The number of hydrogen-bond donors (Lipinski definition) is 1. The van der Waals surface area contributed by atoms with E-state index < -0.39 is 0 Å². The number of rotatable bonds is 8. The van der Waals surface area contributed by atoms with E-state index in [1.165, 1.54) is 45.3 Å². The van der Waals surface area contributed by atoms with Gasteiger partial charge in [-0.1, -0.05) is 91.1 Å². The summed E-state index contributed by atoms with van der Waals surface area (Å²) in [6.45, 7) is 19.7. The molecule has 2 aromatic heterocycles. The summed E-state index contributed by atoms with van der Waals surface area (Å²) >= 11 is 0. The zero-order chi connectivity index (χ0) is 34.1. The molecule has 0 spiro atoms. The zero-order valence-electron chi connectivity index (χ0n) is 30.2. The Morgan fingerprint density at radius 3 is 2.19 bits per heavy atom. The predicted octanol–water partition coefficient (Wildman–Crippen LogP) is 12.1. The maximum Gasteiger partial charge on any atom is 0.162 e. The van der Waals surface area contributed by atoms with Gasteiger partial charge in [0.15, 0.2) is 5.78 Å². The number of aliphatic hydroxyl groups is 1. The van der Waals surface area contributed by atoms with Crippen molar-refractivity contribution < 1.29 is 34.4 Å². The van der Waals surface area contributed by atoms with Crippen molar-refractivity contribution in [3.63, 3.8) is 0 Å². The van der Waals surface area contributed by atoms with E-state index in [4.69, 9.17) is 9.40 Å². The molecule has 0 bridgehead atoms. The number of allylic oxidation sites excluding steroid dienone is 2. The Kier molecular flexibility index (Phi) is 11.8. The number of pyridine rings is 1. The zero-order valence-corrected chi connectivity index (χ0v) is 32.6. The molecule has 0 unspecified atom stereocenters. The molecule has 5 aromatic rings. The summed E-state index contributed by atoms with van der Waals surface area (Å²) in [5.41, 5.74) is 8.06. The number of carbonyl (C=O) groups is 1. The van der Waals surface area contributed by atoms with Gasteiger partial charge in [-0.25, -0.2) is 0 Å². The molecule has 3 aromatic carbocycles. The van der Waals surface area contributed by atoms with Crippen molar-refractivity contribution in [2.24, 2.45) is 11.8 Å². The summed E-state index contributed by atoms with van der Waals surface area (Å²) in [5.74, 6) is 0.547. The first kappa shape index (κ1) is 37.5. The van der Waals surface area contributed by atoms with Crippen molar-refractivity contribution in [3.8, 4) is 11.3 Å². The summed E-state index contributed by atoms with van der Waals surface area (Å²) < 4.78 is 6.78. The molecule has 5 heteroatoms. The maximum absolute atomic E-state index is 11.7. The number of hydrogen-bond acceptors (Lipinski definition) is 4. The molecule has 0 atom stereocenters. The molecule has 1 aliphatic carbocycles. The average molecular weight is 823 g/mol. The van der Waals surface area contributed by atoms with Gasteiger partial charge in [-0.05, 0) is 73.5 Å². The van der Waals surface area contributed by atoms with Gasteiger partial charge in [0.2, 0.25) is 0 Å². The van der Waals surface area contributed by atoms with Crippen LogP contribution in [0.15, 0.2) is 71.0 Å². The smallest absolute Gasteiger partial charge is 0.162 e. The van der Waals surface area contributed by atoms with Crippen LogP contribution in [0.3, 0.4) is 0 Å². The monoisotopic (exact) mass is 823 g/mol. The molecule has 1 radical (unpaired) electrons. The van der Waals surface area contributed by atoms with E-state index in [9.17, 15) is 9.90 Å². The predicted molar refractivity (Wildman–Crippen MR) is 197 cm³/mol. The van der Waals surface area contributed by atoms with E-state index in [1.807, 2.05) is 40.0 Å². The first-order valence-corrected chi connectivity index (χ1v) is 17.6. The third-order valence-electron chi connectivity index (χ3n) is 10.7. The Labute approximate surface area is 300 Å². The number of benzene rings is 3. The van der Waals surface area contributed by atoms with E-state index in [-0.39, 0.29) is 54.3 Å². The molecular formula is C43H52IrNO3-. The topological polar surface area (TPSA) is 63.3 Å². The molecule has 0 aliphatic heterocycles. The Bertz CT molecular complexity index is 1940. The van der Waals surface area contributed by atoms with Crippen LogP contribution in [0.1, 0.15) is 111 Å². The van der Waals surface area contributed by atoms with Crippen LogP contribution >= 0.6 is 0 Å². The summed E-state index contributed by atoms with van der Waals surface area (Å²) in [4.78, 5) is 16.5. The van der Waals surface area contributed by atoms with Crippen LogP contribution in [0.5, 0.6) is 0 Å². The van der Waals surface area contributed by atoms with Gasteiger partial charge in [-0.15, -0.1) is 29.1 Å². The second-order valence-corrected chi connectivity index (χ2v) is 14.7. The van der Waals surface area contributed by atoms with Gasteiger partial charge in [-0.2, -0.15) is 0 Å². The second-order valence-electron chi connectivity index (χ2n) is 14.7. The molecule has 0 saturated heterocycles. The van der Waals surface area contributed by atoms with Crippen LogP contribution in [-0.2, 0) is 35.7 Å². The van der Waals surface area contributed by atoms with Gasteiger partial charge < -0.3 is 14.5 Å². The standard InChI is InChI=1S/C30H28NO.C13H24O2.Ir/c1-18-16-23-25(30(4,5)14-13-29(23,2)3)28-24(18)22-12-15-31-26(27(22)32-28)21-11-10-19-8-6-7-9-20(19)17-21;1-5-10(6-2)12(14)9-13(15)11(7-3)8-4;/h6-10,12,15-17H,13-14H2,1-5H3;9-11,14H,5-8H2,1-4H3;/q-1;;/b;12-9-;. The number of furan rings is 1. The van der Waals surface area contributed by atoms with Crippen molar-refractivity contribution >= 4 is 38.5 Å². The van der Waals surface area contributed by atoms with Crippen LogP contribution in [0.2, 0.25) is 0 Å². The van der Waals surface area contributed by atoms with Gasteiger partial charge in [0.1, 0.15) is 11.2 Å². The van der Waals surface area contributed by atoms with Crippen LogP contribution in [0.4, 0.5) is 0 Å². The van der Waals surface area contributed by atoms with Crippen molar-refractivity contribution in [1.82, 2.24) is 4.98 Å². The molecular weight excluding hydrogens is 771 g/mol. The van der Waals surface area contributed by atoms with Gasteiger partial charge in [-0.3, -0.25) is 4.79 Å². The Morgan fingerprint density at radius 2 is 1.54 bits per heavy atom. The van der Waals surface area contributed by atoms with Crippen LogP contribution in [0, 0.1) is 24.8 Å². The molecule has 0 saturated carbocycles. The number of carbonyl (C=O) groups excluding carboxylic acids is 1. The number of nitrogens with zero attached hydrogens (tertiary/aromatic N) is 1. The minimum atomic E-state index is 0. The summed E-state index contributed by atoms with van der Waals surface area (Å²) in [6.07, 6.45) is 9.16. The molecule has 0 fully saturated rings. The summed E-state index contributed by atoms with van der Waals surface area (Å²) in [5, 5.41) is 14.5. The first-order chi connectivity index (χ1) is 22.4. The fourth-order valence-corrected chi connectivity index (χ4v) is 7.40. The number of ketones is 1. The molecule has 4 nitrogen and oxygen atoms in total. The molecule has 48 heavy (non-hydrogen) atoms. The number of aromatic nitrogens is 1. The Hall–Kier alpha value is -3.27. The normalized spacial score (nSPS) is 15.4. The molecule has 257 valence electrons. The molecule has 2 heterocycles. The Balaban J connectivity index is 0.000000279. The van der Waals surface area contributed by atoms with Crippen LogP contribution in [0.25, 0.3) is 44.0 Å². The van der Waals surface area contributed by atoms with Gasteiger partial charge in [0.25, 0.3) is 0 Å². The van der Waals surface area contributed by atoms with E-state index in [0.29, 0.717) is 0 Å². The van der Waals surface area contributed by atoms with Crippen molar-refractivity contribution in [1.29, 1.82) is 0 Å². The molecule has 1 aliphatic rings. The minimum absolute atomic E-state index is 0. The second kappa shape index (κ2) is 15.1. The fraction of sp³-hybridized carbons (Fsp3) is 0.442. The average Bonchev–Trinajstić information content (AvgIpc) is 3.45. The number of aryl methyl sites for hydroxylation is 1. The van der Waals surface area contributed by atoms with Crippen LogP contribution in [-0.4, -0.2) is 15.9 Å². The van der Waals surface area contributed by atoms with Gasteiger partial charge >= 0.3 is 0 Å². The molecule has 6 rings (SSSR count). The first-order valence-electron chi connectivity index (χ1n) is 17.6. The third kappa shape index (κ3) is 7.19. The van der Waals surface area contributed by atoms with Gasteiger partial charge in [0, 0.05) is 66.2 Å². The van der Waals surface area contributed by atoms with Crippen LogP contribution < -0.4 is 0 Å². The number of fused-ring (bicyclic) bond motifs is 6. The van der Waals surface area contributed by atoms with Crippen molar-refractivity contribution in [2.75, 3.05) is 0 Å². The van der Waals surface area contributed by atoms with E-state index >= 15 is 0 Å². The molecule has 0 amide bonds. The van der Waals surface area contributed by atoms with E-state index in [2.05, 4.69) is 83.1 Å². The maximum atomic E-state index is 11.7. The third-order valence-corrected chi connectivity index (χ3v) is 10.7.